The molecule has 3 aliphatic rings. The molecule has 1 aromatic rings. The Hall–Kier alpha value is -1.51. The second kappa shape index (κ2) is 5.00. The molecule has 4 atom stereocenters. The average molecular weight is 300 g/mol. The number of benzene rings is 1. The molecule has 0 spiro atoms. The zero-order valence-electron chi connectivity index (χ0n) is 13.4. The Morgan fingerprint density at radius 2 is 2.09 bits per heavy atom. The van der Waals surface area contributed by atoms with Crippen LogP contribution in [0.15, 0.2) is 18.2 Å². The third kappa shape index (κ3) is 2.05. The van der Waals surface area contributed by atoms with E-state index < -0.39 is 0 Å². The molecular weight excluding hydrogens is 276 g/mol. The van der Waals surface area contributed by atoms with Crippen LogP contribution in [0.5, 0.6) is 5.75 Å². The molecule has 0 radical (unpaired) electrons. The Morgan fingerprint density at radius 1 is 1.23 bits per heavy atom. The molecule has 0 bridgehead atoms. The van der Waals surface area contributed by atoms with Gasteiger partial charge in [0.1, 0.15) is 11.4 Å². The molecule has 0 amide bonds. The lowest BCUT2D eigenvalue weighted by Gasteiger charge is -2.53. The van der Waals surface area contributed by atoms with Crippen LogP contribution in [0.2, 0.25) is 0 Å². The summed E-state index contributed by atoms with van der Waals surface area (Å²) in [6.45, 7) is 2.16. The number of hydrogen-bond acceptors (Lipinski definition) is 3. The Morgan fingerprint density at radius 3 is 2.91 bits per heavy atom. The van der Waals surface area contributed by atoms with Gasteiger partial charge in [-0.3, -0.25) is 4.79 Å². The standard InChI is InChI=1S/C19H24O3/c1-19-10-9-15-14-6-4-13(21-2)11-12(14)3-5-16(15)17(19)7-8-18(20)22-19/h4,6,11,15-17H,3,5,7-10H2,1-2H3/t15?,16-,17?,19+/m1/s1. The van der Waals surface area contributed by atoms with E-state index in [9.17, 15) is 4.79 Å². The SMILES string of the molecule is COc1ccc2c(c1)CC[C@@H]1C2CC[C@]2(C)OC(=O)CCC12. The van der Waals surface area contributed by atoms with Crippen LogP contribution in [0.1, 0.15) is 56.1 Å². The second-order valence-corrected chi connectivity index (χ2v) is 7.34. The van der Waals surface area contributed by atoms with E-state index >= 15 is 0 Å². The van der Waals surface area contributed by atoms with Crippen LogP contribution in [-0.4, -0.2) is 18.7 Å². The maximum absolute atomic E-state index is 11.7. The first-order valence-corrected chi connectivity index (χ1v) is 8.49. The molecule has 1 heterocycles. The zero-order valence-corrected chi connectivity index (χ0v) is 13.4. The number of methoxy groups -OCH3 is 1. The normalized spacial score (nSPS) is 36.6. The van der Waals surface area contributed by atoms with Crippen molar-refractivity contribution in [1.29, 1.82) is 0 Å². The van der Waals surface area contributed by atoms with Crippen LogP contribution in [0.25, 0.3) is 0 Å². The van der Waals surface area contributed by atoms with E-state index in [-0.39, 0.29) is 11.6 Å². The van der Waals surface area contributed by atoms with Gasteiger partial charge in [0.25, 0.3) is 0 Å². The molecule has 22 heavy (non-hydrogen) atoms. The van der Waals surface area contributed by atoms with Gasteiger partial charge < -0.3 is 9.47 Å². The minimum Gasteiger partial charge on any atom is -0.497 e. The molecular formula is C19H24O3. The first-order valence-electron chi connectivity index (χ1n) is 8.49. The van der Waals surface area contributed by atoms with E-state index in [1.165, 1.54) is 17.5 Å². The lowest BCUT2D eigenvalue weighted by molar-refractivity contribution is -0.185. The number of esters is 1. The summed E-state index contributed by atoms with van der Waals surface area (Å²) in [5.41, 5.74) is 2.74. The number of carbonyl (C=O) groups is 1. The molecule has 3 nitrogen and oxygen atoms in total. The van der Waals surface area contributed by atoms with Crippen molar-refractivity contribution in [3.63, 3.8) is 0 Å². The second-order valence-electron chi connectivity index (χ2n) is 7.34. The molecule has 2 aliphatic carbocycles. The van der Waals surface area contributed by atoms with Gasteiger partial charge in [0.2, 0.25) is 0 Å². The van der Waals surface area contributed by atoms with Crippen LogP contribution >= 0.6 is 0 Å². The Labute approximate surface area is 132 Å². The van der Waals surface area contributed by atoms with E-state index in [1.807, 2.05) is 0 Å². The van der Waals surface area contributed by atoms with Gasteiger partial charge in [-0.1, -0.05) is 6.07 Å². The highest BCUT2D eigenvalue weighted by Gasteiger charge is 2.52. The van der Waals surface area contributed by atoms with E-state index in [4.69, 9.17) is 9.47 Å². The minimum atomic E-state index is -0.222. The Kier molecular flexibility index (Phi) is 3.21. The lowest BCUT2D eigenvalue weighted by Crippen LogP contribution is -2.52. The van der Waals surface area contributed by atoms with E-state index in [1.54, 1.807) is 7.11 Å². The number of hydrogen-bond donors (Lipinski definition) is 0. The van der Waals surface area contributed by atoms with E-state index in [0.717, 1.165) is 31.4 Å². The predicted molar refractivity (Wildman–Crippen MR) is 84.0 cm³/mol. The number of fused-ring (bicyclic) bond motifs is 5. The first-order chi connectivity index (χ1) is 10.6. The summed E-state index contributed by atoms with van der Waals surface area (Å²) in [5, 5.41) is 0. The number of carbonyl (C=O) groups excluding carboxylic acids is 1. The molecule has 1 aliphatic heterocycles. The molecule has 3 heteroatoms. The van der Waals surface area contributed by atoms with Crippen molar-refractivity contribution in [3.05, 3.63) is 29.3 Å². The quantitative estimate of drug-likeness (QED) is 0.739. The maximum atomic E-state index is 11.7. The largest absolute Gasteiger partial charge is 0.497 e. The van der Waals surface area contributed by atoms with Gasteiger partial charge in [0.15, 0.2) is 0 Å². The number of aryl methyl sites for hydroxylation is 1. The molecule has 4 rings (SSSR count). The van der Waals surface area contributed by atoms with Crippen LogP contribution in [0.4, 0.5) is 0 Å². The van der Waals surface area contributed by atoms with Crippen molar-refractivity contribution in [2.75, 3.05) is 7.11 Å². The number of ether oxygens (including phenoxy) is 2. The summed E-state index contributed by atoms with van der Waals surface area (Å²) in [6.07, 6.45) is 6.05. The highest BCUT2D eigenvalue weighted by molar-refractivity contribution is 5.71. The predicted octanol–water partition coefficient (Wildman–Crippen LogP) is 3.85. The van der Waals surface area contributed by atoms with Crippen molar-refractivity contribution in [2.24, 2.45) is 11.8 Å². The summed E-state index contributed by atoms with van der Waals surface area (Å²) in [6, 6.07) is 6.57. The fourth-order valence-electron chi connectivity index (χ4n) is 5.20. The highest BCUT2D eigenvalue weighted by atomic mass is 16.6. The van der Waals surface area contributed by atoms with Gasteiger partial charge in [-0.2, -0.15) is 0 Å². The van der Waals surface area contributed by atoms with Gasteiger partial charge in [-0.25, -0.2) is 0 Å². The topological polar surface area (TPSA) is 35.5 Å². The van der Waals surface area contributed by atoms with Crippen molar-refractivity contribution >= 4 is 5.97 Å². The molecule has 2 unspecified atom stereocenters. The van der Waals surface area contributed by atoms with E-state index in [2.05, 4.69) is 25.1 Å². The third-order valence-electron chi connectivity index (χ3n) is 6.27. The maximum Gasteiger partial charge on any atom is 0.306 e. The summed E-state index contributed by atoms with van der Waals surface area (Å²) in [4.78, 5) is 11.7. The molecule has 1 saturated carbocycles. The summed E-state index contributed by atoms with van der Waals surface area (Å²) in [5.74, 6) is 2.78. The molecule has 1 saturated heterocycles. The average Bonchev–Trinajstić information content (AvgIpc) is 2.52. The smallest absolute Gasteiger partial charge is 0.306 e. The van der Waals surface area contributed by atoms with Gasteiger partial charge in [0, 0.05) is 12.3 Å². The summed E-state index contributed by atoms with van der Waals surface area (Å²) < 4.78 is 11.2. The van der Waals surface area contributed by atoms with Crippen LogP contribution in [0, 0.1) is 11.8 Å². The summed E-state index contributed by atoms with van der Waals surface area (Å²) >= 11 is 0. The van der Waals surface area contributed by atoms with Gasteiger partial charge >= 0.3 is 5.97 Å². The highest BCUT2D eigenvalue weighted by Crippen LogP contribution is 2.55. The van der Waals surface area contributed by atoms with Gasteiger partial charge in [-0.05, 0) is 74.1 Å². The Balaban J connectivity index is 1.66. The third-order valence-corrected chi connectivity index (χ3v) is 6.27. The van der Waals surface area contributed by atoms with Crippen molar-refractivity contribution in [1.82, 2.24) is 0 Å². The fourth-order valence-corrected chi connectivity index (χ4v) is 5.20. The first kappa shape index (κ1) is 14.1. The molecule has 0 N–H and O–H groups in total. The van der Waals surface area contributed by atoms with Crippen molar-refractivity contribution in [3.8, 4) is 5.75 Å². The van der Waals surface area contributed by atoms with Crippen molar-refractivity contribution in [2.45, 2.75) is 57.0 Å². The fraction of sp³-hybridized carbons (Fsp3) is 0.632. The molecule has 118 valence electrons. The lowest BCUT2D eigenvalue weighted by atomic mass is 9.57. The molecule has 1 aromatic carbocycles. The zero-order chi connectivity index (χ0) is 15.3. The minimum absolute atomic E-state index is 0.00172. The van der Waals surface area contributed by atoms with E-state index in [0.29, 0.717) is 24.2 Å². The Bertz CT molecular complexity index is 609. The monoisotopic (exact) mass is 300 g/mol. The van der Waals surface area contributed by atoms with Crippen molar-refractivity contribution < 1.29 is 14.3 Å². The van der Waals surface area contributed by atoms with Crippen LogP contribution < -0.4 is 4.74 Å². The van der Waals surface area contributed by atoms with Gasteiger partial charge in [0.05, 0.1) is 7.11 Å². The summed E-state index contributed by atoms with van der Waals surface area (Å²) in [7, 11) is 1.73. The van der Waals surface area contributed by atoms with Gasteiger partial charge in [-0.15, -0.1) is 0 Å². The number of rotatable bonds is 1. The van der Waals surface area contributed by atoms with Crippen LogP contribution in [0.3, 0.4) is 0 Å². The van der Waals surface area contributed by atoms with Crippen LogP contribution in [-0.2, 0) is 16.0 Å². The molecule has 2 fully saturated rings. The molecule has 0 aromatic heterocycles.